The van der Waals surface area contributed by atoms with E-state index in [1.165, 1.54) is 30.5 Å². The molecule has 5 nitrogen and oxygen atoms in total. The van der Waals surface area contributed by atoms with Crippen LogP contribution in [0.3, 0.4) is 0 Å². The maximum absolute atomic E-state index is 10.8. The number of rotatable bonds is 4. The second-order valence-electron chi connectivity index (χ2n) is 4.01. The van der Waals surface area contributed by atoms with Gasteiger partial charge in [-0.3, -0.25) is 5.43 Å². The van der Waals surface area contributed by atoms with E-state index in [9.17, 15) is 13.0 Å². The van der Waals surface area contributed by atoms with Gasteiger partial charge in [0.2, 0.25) is 0 Å². The van der Waals surface area contributed by atoms with Gasteiger partial charge in [0.15, 0.2) is 0 Å². The first-order valence-electron chi connectivity index (χ1n) is 5.66. The molecular weight excluding hydrogens is 374 g/mol. The summed E-state index contributed by atoms with van der Waals surface area (Å²) in [5, 5.41) is 4.95. The van der Waals surface area contributed by atoms with Gasteiger partial charge < -0.3 is 4.55 Å². The Labute approximate surface area is 180 Å². The molecule has 0 unspecified atom stereocenters. The minimum absolute atomic E-state index is 0. The number of hydrogen-bond acceptors (Lipinski definition) is 5. The van der Waals surface area contributed by atoms with E-state index >= 15 is 0 Å². The van der Waals surface area contributed by atoms with E-state index in [0.29, 0.717) is 21.3 Å². The van der Waals surface area contributed by atoms with E-state index in [4.69, 9.17) is 23.2 Å². The van der Waals surface area contributed by atoms with E-state index in [0.717, 1.165) is 0 Å². The Morgan fingerprint density at radius 1 is 1.09 bits per heavy atom. The number of benzene rings is 2. The zero-order valence-corrected chi connectivity index (χ0v) is 16.9. The largest absolute Gasteiger partial charge is 1.00 e. The van der Waals surface area contributed by atoms with Gasteiger partial charge in [0, 0.05) is 10.6 Å². The maximum Gasteiger partial charge on any atom is 1.00 e. The number of halogens is 2. The Balaban J connectivity index is 0.00000242. The van der Waals surface area contributed by atoms with Gasteiger partial charge in [0.25, 0.3) is 0 Å². The Bertz CT molecular complexity index is 780. The summed E-state index contributed by atoms with van der Waals surface area (Å²) in [6.07, 6.45) is 1.50. The van der Waals surface area contributed by atoms with Crippen LogP contribution in [0.15, 0.2) is 52.5 Å². The Morgan fingerprint density at radius 3 is 2.27 bits per heavy atom. The van der Waals surface area contributed by atoms with E-state index < -0.39 is 10.1 Å². The quantitative estimate of drug-likeness (QED) is 0.358. The van der Waals surface area contributed by atoms with Crippen LogP contribution in [0.2, 0.25) is 10.0 Å². The molecule has 2 rings (SSSR count). The van der Waals surface area contributed by atoms with Gasteiger partial charge in [-0.25, -0.2) is 8.42 Å². The van der Waals surface area contributed by atoms with E-state index in [2.05, 4.69) is 10.5 Å². The maximum atomic E-state index is 10.8. The molecule has 0 amide bonds. The van der Waals surface area contributed by atoms with Gasteiger partial charge in [-0.05, 0) is 36.4 Å². The third-order valence-electron chi connectivity index (χ3n) is 2.50. The van der Waals surface area contributed by atoms with Crippen molar-refractivity contribution in [1.82, 2.24) is 0 Å². The predicted octanol–water partition coefficient (Wildman–Crippen LogP) is 0.348. The summed E-state index contributed by atoms with van der Waals surface area (Å²) in [5.74, 6) is 0. The van der Waals surface area contributed by atoms with Gasteiger partial charge in [-0.15, -0.1) is 0 Å². The first-order valence-corrected chi connectivity index (χ1v) is 7.83. The third-order valence-corrected chi connectivity index (χ3v) is 3.91. The van der Waals surface area contributed by atoms with E-state index in [1.807, 2.05) is 0 Å². The molecule has 1 N–H and O–H groups in total. The van der Waals surface area contributed by atoms with Gasteiger partial charge in [0.05, 0.1) is 21.8 Å². The summed E-state index contributed by atoms with van der Waals surface area (Å²) in [6, 6.07) is 10.3. The van der Waals surface area contributed by atoms with Gasteiger partial charge in [-0.1, -0.05) is 29.3 Å². The average Bonchev–Trinajstić information content (AvgIpc) is 2.41. The Morgan fingerprint density at radius 2 is 1.73 bits per heavy atom. The van der Waals surface area contributed by atoms with Gasteiger partial charge >= 0.3 is 51.4 Å². The molecular formula is C13H9Cl2KN2O3S. The number of hydrogen-bond donors (Lipinski definition) is 1. The molecule has 0 radical (unpaired) electrons. The van der Waals surface area contributed by atoms with Crippen LogP contribution in [0.25, 0.3) is 0 Å². The van der Waals surface area contributed by atoms with Crippen LogP contribution in [-0.2, 0) is 10.1 Å². The Kier molecular flexibility index (Phi) is 8.00. The van der Waals surface area contributed by atoms with Crippen molar-refractivity contribution >= 4 is 45.2 Å². The number of hydrazone groups is 1. The monoisotopic (exact) mass is 382 g/mol. The molecule has 0 saturated carbocycles. The second kappa shape index (κ2) is 8.77. The zero-order valence-electron chi connectivity index (χ0n) is 11.5. The van der Waals surface area contributed by atoms with Crippen molar-refractivity contribution < 1.29 is 64.4 Å². The molecule has 0 aliphatic heterocycles. The van der Waals surface area contributed by atoms with Crippen LogP contribution in [-0.4, -0.2) is 19.2 Å². The van der Waals surface area contributed by atoms with Crippen LogP contribution in [0.5, 0.6) is 0 Å². The second-order valence-corrected chi connectivity index (χ2v) is 6.24. The molecule has 2 aromatic carbocycles. The summed E-state index contributed by atoms with van der Waals surface area (Å²) >= 11 is 11.8. The molecule has 9 heteroatoms. The fraction of sp³-hybridized carbons (Fsp3) is 0. The van der Waals surface area contributed by atoms with Crippen molar-refractivity contribution in [3.8, 4) is 0 Å². The first-order chi connectivity index (χ1) is 9.86. The van der Waals surface area contributed by atoms with Gasteiger partial charge in [-0.2, -0.15) is 5.10 Å². The van der Waals surface area contributed by atoms with Crippen molar-refractivity contribution in [3.05, 3.63) is 58.1 Å². The van der Waals surface area contributed by atoms with Crippen LogP contribution in [0.1, 0.15) is 5.56 Å². The van der Waals surface area contributed by atoms with Crippen LogP contribution < -0.4 is 56.8 Å². The number of nitrogens with one attached hydrogen (secondary N) is 1. The summed E-state index contributed by atoms with van der Waals surface area (Å²) in [4.78, 5) is -0.294. The van der Waals surface area contributed by atoms with Crippen molar-refractivity contribution in [2.45, 2.75) is 4.90 Å². The Hall–Kier alpha value is 0.0364. The molecule has 0 atom stereocenters. The molecule has 0 aliphatic carbocycles. The zero-order chi connectivity index (χ0) is 15.5. The topological polar surface area (TPSA) is 81.6 Å². The van der Waals surface area contributed by atoms with Crippen molar-refractivity contribution in [2.75, 3.05) is 5.43 Å². The fourth-order valence-electron chi connectivity index (χ4n) is 1.48. The van der Waals surface area contributed by atoms with Crippen LogP contribution in [0, 0.1) is 0 Å². The average molecular weight is 383 g/mol. The van der Waals surface area contributed by atoms with E-state index in [1.54, 1.807) is 18.2 Å². The minimum atomic E-state index is -4.44. The molecule has 2 aromatic rings. The molecule has 0 bridgehead atoms. The summed E-state index contributed by atoms with van der Waals surface area (Å²) in [7, 11) is -4.44. The molecule has 0 aromatic heterocycles. The van der Waals surface area contributed by atoms with Crippen molar-refractivity contribution in [2.24, 2.45) is 5.10 Å². The summed E-state index contributed by atoms with van der Waals surface area (Å²) in [6.45, 7) is 0. The molecule has 0 aliphatic rings. The van der Waals surface area contributed by atoms with Crippen LogP contribution >= 0.6 is 23.2 Å². The van der Waals surface area contributed by atoms with Crippen LogP contribution in [0.4, 0.5) is 5.69 Å². The molecule has 110 valence electrons. The SMILES string of the molecule is O=S(=O)([O-])c1ccc(N/N=C/c2ccc(Cl)cc2Cl)cc1.[K+]. The first kappa shape index (κ1) is 20.1. The fourth-order valence-corrected chi connectivity index (χ4v) is 2.41. The summed E-state index contributed by atoms with van der Waals surface area (Å²) < 4.78 is 32.3. The number of nitrogens with zero attached hydrogens (tertiary/aromatic N) is 1. The molecule has 0 saturated heterocycles. The molecule has 0 spiro atoms. The van der Waals surface area contributed by atoms with Crippen molar-refractivity contribution in [1.29, 1.82) is 0 Å². The number of anilines is 1. The smallest absolute Gasteiger partial charge is 0.744 e. The predicted molar refractivity (Wildman–Crippen MR) is 82.1 cm³/mol. The molecule has 0 heterocycles. The normalized spacial score (nSPS) is 11.2. The summed E-state index contributed by atoms with van der Waals surface area (Å²) in [5.41, 5.74) is 3.90. The van der Waals surface area contributed by atoms with Crippen molar-refractivity contribution in [3.63, 3.8) is 0 Å². The standard InChI is InChI=1S/C13H10Cl2N2O3S.K/c14-10-2-1-9(13(15)7-10)8-16-17-11-3-5-12(6-4-11)21(18,19)20;/h1-8,17H,(H,18,19,20);/q;+1/p-1/b16-8+;. The molecule has 22 heavy (non-hydrogen) atoms. The van der Waals surface area contributed by atoms with Gasteiger partial charge in [0.1, 0.15) is 10.1 Å². The third kappa shape index (κ3) is 5.91. The molecule has 0 fully saturated rings. The minimum Gasteiger partial charge on any atom is -0.744 e. The van der Waals surface area contributed by atoms with E-state index in [-0.39, 0.29) is 56.3 Å².